The van der Waals surface area contributed by atoms with Gasteiger partial charge in [-0.2, -0.15) is 13.2 Å². The number of aliphatic hydroxyl groups is 1. The minimum atomic E-state index is -5.04. The van der Waals surface area contributed by atoms with Crippen molar-refractivity contribution in [3.8, 4) is 0 Å². The standard InChI is InChI=1S/C16H12F3N3O6/c1-15(24,9-2-5-11(6-3-9)21(25)26)14(23)20-10-4-7-13(22(27)28)12(8-10)16(17,18)19/h2-8,24H,1H3,(H,20,23). The van der Waals surface area contributed by atoms with Crippen molar-refractivity contribution in [1.82, 2.24) is 0 Å². The molecular weight excluding hydrogens is 387 g/mol. The van der Waals surface area contributed by atoms with Gasteiger partial charge in [-0.1, -0.05) is 0 Å². The molecular formula is C16H12F3N3O6. The molecule has 2 aromatic carbocycles. The molecule has 0 heterocycles. The summed E-state index contributed by atoms with van der Waals surface area (Å²) >= 11 is 0. The number of hydrogen-bond donors (Lipinski definition) is 2. The van der Waals surface area contributed by atoms with E-state index in [-0.39, 0.29) is 11.3 Å². The van der Waals surface area contributed by atoms with Gasteiger partial charge in [0.2, 0.25) is 0 Å². The lowest BCUT2D eigenvalue weighted by molar-refractivity contribution is -0.388. The fourth-order valence-corrected chi connectivity index (χ4v) is 2.29. The quantitative estimate of drug-likeness (QED) is 0.584. The summed E-state index contributed by atoms with van der Waals surface area (Å²) in [5.41, 5.74) is -5.75. The van der Waals surface area contributed by atoms with Crippen LogP contribution in [0.1, 0.15) is 18.1 Å². The Bertz CT molecular complexity index is 942. The van der Waals surface area contributed by atoms with Crippen molar-refractivity contribution in [1.29, 1.82) is 0 Å². The Kier molecular flexibility index (Phi) is 5.36. The number of hydrogen-bond acceptors (Lipinski definition) is 6. The first-order chi connectivity index (χ1) is 12.8. The average molecular weight is 399 g/mol. The first-order valence-electron chi connectivity index (χ1n) is 7.48. The average Bonchev–Trinajstić information content (AvgIpc) is 2.60. The molecule has 0 aliphatic heterocycles. The summed E-state index contributed by atoms with van der Waals surface area (Å²) in [5.74, 6) is -1.14. The van der Waals surface area contributed by atoms with Crippen molar-refractivity contribution < 1.29 is 32.9 Å². The molecule has 0 aromatic heterocycles. The predicted octanol–water partition coefficient (Wildman–Crippen LogP) is 3.37. The van der Waals surface area contributed by atoms with Gasteiger partial charge in [-0.05, 0) is 36.8 Å². The third kappa shape index (κ3) is 4.23. The highest BCUT2D eigenvalue weighted by Gasteiger charge is 2.39. The maximum Gasteiger partial charge on any atom is 0.423 e. The number of non-ortho nitro benzene ring substituents is 1. The SMILES string of the molecule is CC(O)(C(=O)Nc1ccc([N+](=O)[O-])c(C(F)(F)F)c1)c1ccc([N+](=O)[O-])cc1. The number of nitrogens with one attached hydrogen (secondary N) is 1. The van der Waals surface area contributed by atoms with Crippen molar-refractivity contribution in [3.05, 3.63) is 73.8 Å². The smallest absolute Gasteiger partial charge is 0.376 e. The van der Waals surface area contributed by atoms with E-state index in [0.717, 1.165) is 37.3 Å². The highest BCUT2D eigenvalue weighted by molar-refractivity contribution is 5.97. The van der Waals surface area contributed by atoms with Gasteiger partial charge in [0.05, 0.1) is 9.85 Å². The maximum absolute atomic E-state index is 13.0. The molecule has 0 aliphatic rings. The Morgan fingerprint density at radius 3 is 2.07 bits per heavy atom. The van der Waals surface area contributed by atoms with Crippen LogP contribution in [0.3, 0.4) is 0 Å². The third-order valence-corrected chi connectivity index (χ3v) is 3.84. The summed E-state index contributed by atoms with van der Waals surface area (Å²) in [4.78, 5) is 31.8. The molecule has 1 atom stereocenters. The van der Waals surface area contributed by atoms with Gasteiger partial charge in [0.15, 0.2) is 5.60 Å². The van der Waals surface area contributed by atoms with E-state index >= 15 is 0 Å². The lowest BCUT2D eigenvalue weighted by Gasteiger charge is -2.23. The molecule has 0 saturated heterocycles. The van der Waals surface area contributed by atoms with Gasteiger partial charge in [-0.15, -0.1) is 0 Å². The van der Waals surface area contributed by atoms with Crippen LogP contribution >= 0.6 is 0 Å². The van der Waals surface area contributed by atoms with Gasteiger partial charge < -0.3 is 10.4 Å². The molecule has 0 spiro atoms. The lowest BCUT2D eigenvalue weighted by Crippen LogP contribution is -2.37. The van der Waals surface area contributed by atoms with Crippen molar-refractivity contribution >= 4 is 23.0 Å². The fraction of sp³-hybridized carbons (Fsp3) is 0.188. The molecule has 0 aliphatic carbocycles. The van der Waals surface area contributed by atoms with Crippen molar-refractivity contribution in [3.63, 3.8) is 0 Å². The summed E-state index contributed by atoms with van der Waals surface area (Å²) in [5, 5.41) is 33.9. The van der Waals surface area contributed by atoms with Gasteiger partial charge in [-0.25, -0.2) is 0 Å². The Morgan fingerprint density at radius 1 is 1.04 bits per heavy atom. The van der Waals surface area contributed by atoms with Crippen LogP contribution in [0.2, 0.25) is 0 Å². The van der Waals surface area contributed by atoms with Crippen molar-refractivity contribution in [2.45, 2.75) is 18.7 Å². The van der Waals surface area contributed by atoms with Gasteiger partial charge in [0.25, 0.3) is 17.3 Å². The highest BCUT2D eigenvalue weighted by atomic mass is 19.4. The Hall–Kier alpha value is -3.54. The summed E-state index contributed by atoms with van der Waals surface area (Å²) in [6.07, 6.45) is -5.04. The minimum Gasteiger partial charge on any atom is -0.376 e. The van der Waals surface area contributed by atoms with E-state index < -0.39 is 44.5 Å². The molecule has 0 fully saturated rings. The van der Waals surface area contributed by atoms with E-state index in [0.29, 0.717) is 12.1 Å². The van der Waals surface area contributed by atoms with E-state index in [1.807, 2.05) is 0 Å². The van der Waals surface area contributed by atoms with E-state index in [4.69, 9.17) is 0 Å². The van der Waals surface area contributed by atoms with Crippen LogP contribution in [0.5, 0.6) is 0 Å². The molecule has 2 rings (SSSR count). The number of rotatable bonds is 5. The number of carbonyl (C=O) groups excluding carboxylic acids is 1. The highest BCUT2D eigenvalue weighted by Crippen LogP contribution is 2.38. The van der Waals surface area contributed by atoms with Crippen LogP contribution in [-0.2, 0) is 16.6 Å². The molecule has 148 valence electrons. The topological polar surface area (TPSA) is 136 Å². The number of halogens is 3. The van der Waals surface area contributed by atoms with Crippen LogP contribution in [0.15, 0.2) is 42.5 Å². The normalized spacial score (nSPS) is 13.5. The van der Waals surface area contributed by atoms with E-state index in [1.165, 1.54) is 0 Å². The molecule has 2 aromatic rings. The van der Waals surface area contributed by atoms with E-state index in [9.17, 15) is 43.3 Å². The monoisotopic (exact) mass is 399 g/mol. The maximum atomic E-state index is 13.0. The number of carbonyl (C=O) groups is 1. The number of nitro benzene ring substituents is 2. The number of nitro groups is 2. The van der Waals surface area contributed by atoms with Crippen LogP contribution in [0, 0.1) is 20.2 Å². The van der Waals surface area contributed by atoms with Gasteiger partial charge in [0.1, 0.15) is 5.56 Å². The zero-order chi connectivity index (χ0) is 21.3. The Balaban J connectivity index is 2.32. The number of anilines is 1. The fourth-order valence-electron chi connectivity index (χ4n) is 2.29. The van der Waals surface area contributed by atoms with E-state index in [1.54, 1.807) is 0 Å². The lowest BCUT2D eigenvalue weighted by atomic mass is 9.94. The first kappa shape index (κ1) is 20.8. The molecule has 0 radical (unpaired) electrons. The third-order valence-electron chi connectivity index (χ3n) is 3.84. The summed E-state index contributed by atoms with van der Waals surface area (Å²) < 4.78 is 39.0. The molecule has 0 bridgehead atoms. The van der Waals surface area contributed by atoms with Crippen LogP contribution in [0.4, 0.5) is 30.2 Å². The Labute approximate surface area is 154 Å². The molecule has 0 saturated carbocycles. The molecule has 28 heavy (non-hydrogen) atoms. The van der Waals surface area contributed by atoms with Gasteiger partial charge in [0, 0.05) is 23.9 Å². The van der Waals surface area contributed by atoms with Crippen molar-refractivity contribution in [2.24, 2.45) is 0 Å². The summed E-state index contributed by atoms with van der Waals surface area (Å²) in [6.45, 7) is 1.04. The second-order valence-corrected chi connectivity index (χ2v) is 5.82. The zero-order valence-electron chi connectivity index (χ0n) is 14.1. The largest absolute Gasteiger partial charge is 0.423 e. The number of amides is 1. The van der Waals surface area contributed by atoms with Crippen LogP contribution in [-0.4, -0.2) is 20.9 Å². The second kappa shape index (κ2) is 7.23. The zero-order valence-corrected chi connectivity index (χ0v) is 14.1. The number of benzene rings is 2. The summed E-state index contributed by atoms with van der Waals surface area (Å²) in [6, 6.07) is 6.18. The first-order valence-corrected chi connectivity index (χ1v) is 7.48. The molecule has 1 unspecified atom stereocenters. The minimum absolute atomic E-state index is 0.0476. The van der Waals surface area contributed by atoms with Gasteiger partial charge >= 0.3 is 6.18 Å². The van der Waals surface area contributed by atoms with Gasteiger partial charge in [-0.3, -0.25) is 25.0 Å². The molecule has 12 heteroatoms. The van der Waals surface area contributed by atoms with Crippen molar-refractivity contribution in [2.75, 3.05) is 5.32 Å². The van der Waals surface area contributed by atoms with Crippen LogP contribution < -0.4 is 5.32 Å². The molecule has 9 nitrogen and oxygen atoms in total. The number of alkyl halides is 3. The summed E-state index contributed by atoms with van der Waals surface area (Å²) in [7, 11) is 0. The molecule has 1 amide bonds. The Morgan fingerprint density at radius 2 is 1.61 bits per heavy atom. The number of nitrogens with zero attached hydrogens (tertiary/aromatic N) is 2. The van der Waals surface area contributed by atoms with Crippen LogP contribution in [0.25, 0.3) is 0 Å². The van der Waals surface area contributed by atoms with E-state index in [2.05, 4.69) is 5.32 Å². The predicted molar refractivity (Wildman–Crippen MR) is 89.4 cm³/mol. The second-order valence-electron chi connectivity index (χ2n) is 5.82. The molecule has 2 N–H and O–H groups in total.